The highest BCUT2D eigenvalue weighted by Crippen LogP contribution is 2.27. The number of fused-ring (bicyclic) bond motifs is 1. The van der Waals surface area contributed by atoms with E-state index >= 15 is 0 Å². The van der Waals surface area contributed by atoms with Crippen molar-refractivity contribution in [1.82, 2.24) is 24.4 Å². The maximum absolute atomic E-state index is 4.61. The molecule has 0 aromatic carbocycles. The maximum Gasteiger partial charge on any atom is 0.128 e. The molecule has 6 nitrogen and oxygen atoms in total. The van der Waals surface area contributed by atoms with E-state index in [4.69, 9.17) is 0 Å². The third kappa shape index (κ3) is 3.22. The number of likely N-dealkylation sites (tertiary alicyclic amines) is 1. The molecule has 0 saturated carbocycles. The predicted molar refractivity (Wildman–Crippen MR) is 101 cm³/mol. The third-order valence-corrected chi connectivity index (χ3v) is 5.06. The molecule has 4 heterocycles. The van der Waals surface area contributed by atoms with Crippen molar-refractivity contribution < 1.29 is 0 Å². The lowest BCUT2D eigenvalue weighted by atomic mass is 10.1. The molecule has 130 valence electrons. The normalized spacial score (nSPS) is 16.4. The van der Waals surface area contributed by atoms with Crippen LogP contribution in [0.5, 0.6) is 0 Å². The molecule has 0 amide bonds. The van der Waals surface area contributed by atoms with Gasteiger partial charge >= 0.3 is 0 Å². The molecular weight excluding hydrogens is 312 g/mol. The minimum atomic E-state index is 0.505. The van der Waals surface area contributed by atoms with Gasteiger partial charge in [0, 0.05) is 36.4 Å². The van der Waals surface area contributed by atoms with Crippen LogP contribution in [0.25, 0.3) is 22.3 Å². The summed E-state index contributed by atoms with van der Waals surface area (Å²) in [6, 6.07) is 6.80. The average Bonchev–Trinajstić information content (AvgIpc) is 2.94. The van der Waals surface area contributed by atoms with Crippen molar-refractivity contribution in [3.05, 3.63) is 36.4 Å². The molecule has 3 aromatic heterocycles. The van der Waals surface area contributed by atoms with Crippen molar-refractivity contribution >= 4 is 16.7 Å². The molecule has 0 spiro atoms. The van der Waals surface area contributed by atoms with Crippen molar-refractivity contribution in [2.45, 2.75) is 25.8 Å². The molecule has 1 saturated heterocycles. The average molecular weight is 336 g/mol. The second-order valence-corrected chi connectivity index (χ2v) is 6.98. The molecule has 0 atom stereocenters. The lowest BCUT2D eigenvalue weighted by Crippen LogP contribution is -2.36. The Balaban J connectivity index is 1.63. The first-order chi connectivity index (χ1) is 12.1. The van der Waals surface area contributed by atoms with E-state index in [0.717, 1.165) is 59.7 Å². The lowest BCUT2D eigenvalue weighted by Gasteiger charge is -2.29. The van der Waals surface area contributed by atoms with E-state index < -0.39 is 0 Å². The van der Waals surface area contributed by atoms with Crippen molar-refractivity contribution in [3.63, 3.8) is 0 Å². The zero-order valence-corrected chi connectivity index (χ0v) is 15.0. The van der Waals surface area contributed by atoms with Gasteiger partial charge in [-0.3, -0.25) is 0 Å². The second-order valence-electron chi connectivity index (χ2n) is 6.98. The number of anilines is 1. The van der Waals surface area contributed by atoms with E-state index in [0.29, 0.717) is 6.04 Å². The Morgan fingerprint density at radius 2 is 1.84 bits per heavy atom. The van der Waals surface area contributed by atoms with Gasteiger partial charge in [-0.2, -0.15) is 0 Å². The first-order valence-electron chi connectivity index (χ1n) is 8.80. The first-order valence-corrected chi connectivity index (χ1v) is 8.80. The summed E-state index contributed by atoms with van der Waals surface area (Å²) in [5.74, 6) is 0.952. The minimum Gasteiger partial charge on any atom is -0.367 e. The van der Waals surface area contributed by atoms with Crippen molar-refractivity contribution in [3.8, 4) is 11.4 Å². The fraction of sp³-hybridized carbons (Fsp3) is 0.421. The molecule has 1 aliphatic rings. The fourth-order valence-electron chi connectivity index (χ4n) is 3.51. The second kappa shape index (κ2) is 6.44. The molecular formula is C19H24N6. The summed E-state index contributed by atoms with van der Waals surface area (Å²) in [7, 11) is 4.26. The molecule has 1 fully saturated rings. The number of piperidine rings is 1. The molecule has 6 heteroatoms. The molecule has 4 rings (SSSR count). The predicted octanol–water partition coefficient (Wildman–Crippen LogP) is 2.84. The van der Waals surface area contributed by atoms with E-state index in [2.05, 4.69) is 56.0 Å². The van der Waals surface area contributed by atoms with Gasteiger partial charge in [-0.25, -0.2) is 15.0 Å². The van der Waals surface area contributed by atoms with Crippen molar-refractivity contribution in [2.24, 2.45) is 7.05 Å². The quantitative estimate of drug-likeness (QED) is 0.797. The Morgan fingerprint density at radius 3 is 2.60 bits per heavy atom. The van der Waals surface area contributed by atoms with Gasteiger partial charge in [-0.1, -0.05) is 0 Å². The van der Waals surface area contributed by atoms with Gasteiger partial charge in [0.1, 0.15) is 12.1 Å². The first kappa shape index (κ1) is 16.0. The molecule has 0 bridgehead atoms. The van der Waals surface area contributed by atoms with Crippen LogP contribution in [0, 0.1) is 6.92 Å². The monoisotopic (exact) mass is 336 g/mol. The minimum absolute atomic E-state index is 0.505. The van der Waals surface area contributed by atoms with Crippen LogP contribution in [0.3, 0.4) is 0 Å². The number of aromatic nitrogens is 4. The van der Waals surface area contributed by atoms with E-state index in [1.807, 2.05) is 19.2 Å². The van der Waals surface area contributed by atoms with Crippen LogP contribution < -0.4 is 5.32 Å². The summed E-state index contributed by atoms with van der Waals surface area (Å²) >= 11 is 0. The number of rotatable bonds is 3. The standard InChI is InChI=1S/C19H24N6/c1-13-8-16(22-12-21-13)18-9-14-11-20-19(10-17(14)25(18)3)23-15-4-6-24(2)7-5-15/h8-12,15H,4-7H2,1-3H3,(H,20,23). The van der Waals surface area contributed by atoms with Gasteiger partial charge in [0.25, 0.3) is 0 Å². The fourth-order valence-corrected chi connectivity index (χ4v) is 3.51. The highest BCUT2D eigenvalue weighted by Gasteiger charge is 2.17. The Labute approximate surface area is 147 Å². The van der Waals surface area contributed by atoms with E-state index in [1.54, 1.807) is 6.33 Å². The lowest BCUT2D eigenvalue weighted by molar-refractivity contribution is 0.263. The summed E-state index contributed by atoms with van der Waals surface area (Å²) in [5, 5.41) is 4.73. The van der Waals surface area contributed by atoms with Crippen LogP contribution in [-0.4, -0.2) is 50.6 Å². The summed E-state index contributed by atoms with van der Waals surface area (Å²) < 4.78 is 2.18. The van der Waals surface area contributed by atoms with Gasteiger partial charge in [-0.15, -0.1) is 0 Å². The van der Waals surface area contributed by atoms with Crippen molar-refractivity contribution in [2.75, 3.05) is 25.5 Å². The summed E-state index contributed by atoms with van der Waals surface area (Å²) in [4.78, 5) is 15.6. The molecule has 1 N–H and O–H groups in total. The van der Waals surface area contributed by atoms with Crippen LogP contribution in [0.4, 0.5) is 5.82 Å². The molecule has 1 aliphatic heterocycles. The molecule has 3 aromatic rings. The van der Waals surface area contributed by atoms with Crippen LogP contribution in [0.15, 0.2) is 30.7 Å². The van der Waals surface area contributed by atoms with Crippen molar-refractivity contribution in [1.29, 1.82) is 0 Å². The van der Waals surface area contributed by atoms with Gasteiger partial charge in [-0.05, 0) is 52.0 Å². The van der Waals surface area contributed by atoms with Crippen LogP contribution >= 0.6 is 0 Å². The molecule has 0 radical (unpaired) electrons. The highest BCUT2D eigenvalue weighted by molar-refractivity contribution is 5.87. The topological polar surface area (TPSA) is 58.9 Å². The maximum atomic E-state index is 4.61. The number of hydrogen-bond acceptors (Lipinski definition) is 5. The van der Waals surface area contributed by atoms with Crippen LogP contribution in [0.2, 0.25) is 0 Å². The zero-order chi connectivity index (χ0) is 17.4. The van der Waals surface area contributed by atoms with E-state index in [1.165, 1.54) is 0 Å². The van der Waals surface area contributed by atoms with Crippen LogP contribution in [-0.2, 0) is 7.05 Å². The summed E-state index contributed by atoms with van der Waals surface area (Å²) in [6.07, 6.45) is 5.89. The third-order valence-electron chi connectivity index (χ3n) is 5.06. The Kier molecular flexibility index (Phi) is 4.13. The number of nitrogens with zero attached hydrogens (tertiary/aromatic N) is 5. The zero-order valence-electron chi connectivity index (χ0n) is 15.0. The smallest absolute Gasteiger partial charge is 0.128 e. The van der Waals surface area contributed by atoms with Gasteiger partial charge in [0.15, 0.2) is 0 Å². The number of aryl methyl sites for hydroxylation is 2. The number of nitrogens with one attached hydrogen (secondary N) is 1. The van der Waals surface area contributed by atoms with Gasteiger partial charge in [0.05, 0.1) is 16.9 Å². The van der Waals surface area contributed by atoms with Gasteiger partial charge in [0.2, 0.25) is 0 Å². The number of pyridine rings is 1. The number of hydrogen-bond donors (Lipinski definition) is 1. The summed E-state index contributed by atoms with van der Waals surface area (Å²) in [6.45, 7) is 4.27. The Bertz CT molecular complexity index is 892. The Hall–Kier alpha value is -2.47. The highest BCUT2D eigenvalue weighted by atomic mass is 15.1. The molecule has 25 heavy (non-hydrogen) atoms. The largest absolute Gasteiger partial charge is 0.367 e. The van der Waals surface area contributed by atoms with Gasteiger partial charge < -0.3 is 14.8 Å². The Morgan fingerprint density at radius 1 is 1.04 bits per heavy atom. The SMILES string of the molecule is Cc1cc(-c2cc3cnc(NC4CCN(C)CC4)cc3n2C)ncn1. The molecule has 0 aliphatic carbocycles. The van der Waals surface area contributed by atoms with Crippen LogP contribution in [0.1, 0.15) is 18.5 Å². The van der Waals surface area contributed by atoms with E-state index in [-0.39, 0.29) is 0 Å². The molecule has 0 unspecified atom stereocenters. The summed E-state index contributed by atoms with van der Waals surface area (Å²) in [5.41, 5.74) is 4.16. The van der Waals surface area contributed by atoms with E-state index in [9.17, 15) is 0 Å².